The third kappa shape index (κ3) is 10.4. The number of thiol groups is 1. The van der Waals surface area contributed by atoms with Crippen LogP contribution in [0.5, 0.6) is 0 Å². The van der Waals surface area contributed by atoms with E-state index in [1.165, 1.54) is 0 Å². The van der Waals surface area contributed by atoms with Gasteiger partial charge in [0.15, 0.2) is 6.10 Å². The van der Waals surface area contributed by atoms with Crippen LogP contribution < -0.4 is 12.4 Å². The average Bonchev–Trinajstić information content (AvgIpc) is 1.98. The lowest BCUT2D eigenvalue weighted by molar-refractivity contribution is -0.873. The quantitative estimate of drug-likeness (QED) is 0.319. The van der Waals surface area contributed by atoms with Crippen molar-refractivity contribution in [3.63, 3.8) is 0 Å². The number of quaternary nitrogens is 1. The summed E-state index contributed by atoms with van der Waals surface area (Å²) in [7, 11) is 5.73. The van der Waals surface area contributed by atoms with Crippen molar-refractivity contribution in [1.29, 1.82) is 0 Å². The molecule has 0 aromatic rings. The van der Waals surface area contributed by atoms with Crippen molar-refractivity contribution in [2.75, 3.05) is 27.7 Å². The van der Waals surface area contributed by atoms with Crippen molar-refractivity contribution in [2.24, 2.45) is 0 Å². The molecule has 17 heavy (non-hydrogen) atoms. The minimum atomic E-state index is -0.974. The number of nitrogens with zero attached hydrogens (tertiary/aromatic N) is 1. The van der Waals surface area contributed by atoms with E-state index in [1.807, 2.05) is 21.1 Å². The van der Waals surface area contributed by atoms with Gasteiger partial charge in [0.25, 0.3) is 0 Å². The summed E-state index contributed by atoms with van der Waals surface area (Å²) in [6.45, 7) is 2.05. The van der Waals surface area contributed by atoms with Crippen molar-refractivity contribution >= 4 is 24.6 Å². The van der Waals surface area contributed by atoms with Gasteiger partial charge in [-0.05, 0) is 6.92 Å². The Labute approximate surface area is 114 Å². The molecular formula is C10H20ClNO4S. The molecule has 1 N–H and O–H groups in total. The van der Waals surface area contributed by atoms with Crippen LogP contribution in [0.4, 0.5) is 0 Å². The number of carbonyl (C=O) groups excluding carboxylic acids is 1. The Morgan fingerprint density at radius 1 is 1.35 bits per heavy atom. The largest absolute Gasteiger partial charge is 1.00 e. The maximum absolute atomic E-state index is 11.3. The fraction of sp³-hybridized carbons (Fsp3) is 0.800. The molecule has 102 valence electrons. The van der Waals surface area contributed by atoms with E-state index in [9.17, 15) is 9.59 Å². The van der Waals surface area contributed by atoms with E-state index in [0.29, 0.717) is 11.0 Å². The first kappa shape index (κ1) is 18.9. The maximum Gasteiger partial charge on any atom is 0.319 e. The van der Waals surface area contributed by atoms with Gasteiger partial charge >= 0.3 is 11.9 Å². The maximum atomic E-state index is 11.3. The van der Waals surface area contributed by atoms with Gasteiger partial charge in [-0.1, -0.05) is 0 Å². The topological polar surface area (TPSA) is 63.6 Å². The Kier molecular flexibility index (Phi) is 8.65. The van der Waals surface area contributed by atoms with Gasteiger partial charge in [0, 0.05) is 0 Å². The van der Waals surface area contributed by atoms with Crippen LogP contribution >= 0.6 is 12.6 Å². The molecule has 0 aromatic carbocycles. The fourth-order valence-electron chi connectivity index (χ4n) is 1.21. The van der Waals surface area contributed by atoms with Crippen LogP contribution in [0.3, 0.4) is 0 Å². The van der Waals surface area contributed by atoms with Crippen LogP contribution in [0.25, 0.3) is 0 Å². The van der Waals surface area contributed by atoms with E-state index in [0.717, 1.165) is 0 Å². The number of hydrogen-bond donors (Lipinski definition) is 2. The van der Waals surface area contributed by atoms with Crippen LogP contribution in [0.2, 0.25) is 0 Å². The van der Waals surface area contributed by atoms with Crippen LogP contribution in [0.1, 0.15) is 13.3 Å². The summed E-state index contributed by atoms with van der Waals surface area (Å²) in [4.78, 5) is 22.0. The number of likely N-dealkylation sites (N-methyl/N-ethyl adjacent to an activating group) is 1. The summed E-state index contributed by atoms with van der Waals surface area (Å²) in [5.41, 5.74) is 0. The predicted octanol–water partition coefficient (Wildman–Crippen LogP) is -2.60. The number of halogens is 1. The third-order valence-electron chi connectivity index (χ3n) is 1.78. The molecule has 2 unspecified atom stereocenters. The zero-order valence-corrected chi connectivity index (χ0v) is 12.2. The molecule has 0 radical (unpaired) electrons. The molecule has 0 rings (SSSR count). The van der Waals surface area contributed by atoms with Gasteiger partial charge in [0.2, 0.25) is 0 Å². The molecule has 0 aromatic heterocycles. The summed E-state index contributed by atoms with van der Waals surface area (Å²) in [5.74, 6) is -1.46. The Morgan fingerprint density at radius 2 is 1.82 bits per heavy atom. The van der Waals surface area contributed by atoms with Crippen LogP contribution in [-0.4, -0.2) is 60.6 Å². The van der Waals surface area contributed by atoms with Gasteiger partial charge in [-0.3, -0.25) is 9.59 Å². The van der Waals surface area contributed by atoms with Crippen LogP contribution in [0, 0.1) is 0 Å². The van der Waals surface area contributed by atoms with Gasteiger partial charge in [-0.25, -0.2) is 0 Å². The van der Waals surface area contributed by atoms with Crippen LogP contribution in [-0.2, 0) is 14.3 Å². The van der Waals surface area contributed by atoms with E-state index in [4.69, 9.17) is 9.84 Å². The van der Waals surface area contributed by atoms with Crippen molar-refractivity contribution < 1.29 is 36.3 Å². The molecule has 0 spiro atoms. The molecule has 0 amide bonds. The summed E-state index contributed by atoms with van der Waals surface area (Å²) < 4.78 is 5.62. The molecule has 0 heterocycles. The lowest BCUT2D eigenvalue weighted by Crippen LogP contribution is -3.00. The lowest BCUT2D eigenvalue weighted by Gasteiger charge is -2.28. The summed E-state index contributed by atoms with van der Waals surface area (Å²) in [5, 5.41) is 8.18. The zero-order chi connectivity index (χ0) is 12.9. The van der Waals surface area contributed by atoms with E-state index in [1.54, 1.807) is 6.92 Å². The second-order valence-corrected chi connectivity index (χ2v) is 5.58. The number of carbonyl (C=O) groups is 2. The van der Waals surface area contributed by atoms with Crippen molar-refractivity contribution in [3.05, 3.63) is 0 Å². The summed E-state index contributed by atoms with van der Waals surface area (Å²) in [6.07, 6.45) is -0.790. The summed E-state index contributed by atoms with van der Waals surface area (Å²) >= 11 is 3.94. The molecule has 0 aliphatic heterocycles. The summed E-state index contributed by atoms with van der Waals surface area (Å²) in [6, 6.07) is 0. The zero-order valence-electron chi connectivity index (χ0n) is 10.5. The smallest absolute Gasteiger partial charge is 0.319 e. The van der Waals surface area contributed by atoms with E-state index in [-0.39, 0.29) is 18.8 Å². The molecule has 0 saturated carbocycles. The second-order valence-electron chi connectivity index (χ2n) is 4.81. The minimum Gasteiger partial charge on any atom is -1.00 e. The normalized spacial score (nSPS) is 14.4. The predicted molar refractivity (Wildman–Crippen MR) is 63.5 cm³/mol. The molecule has 0 aliphatic carbocycles. The third-order valence-corrected chi connectivity index (χ3v) is 1.99. The molecule has 5 nitrogen and oxygen atoms in total. The first-order chi connectivity index (χ1) is 7.11. The Bertz CT molecular complexity index is 266. The highest BCUT2D eigenvalue weighted by atomic mass is 35.5. The van der Waals surface area contributed by atoms with E-state index in [2.05, 4.69) is 12.6 Å². The van der Waals surface area contributed by atoms with Gasteiger partial charge in [0.1, 0.15) is 6.54 Å². The number of carboxylic acid groups (broad SMARTS) is 1. The minimum absolute atomic E-state index is 0. The van der Waals surface area contributed by atoms with Crippen molar-refractivity contribution in [3.8, 4) is 0 Å². The average molecular weight is 286 g/mol. The molecule has 7 heteroatoms. The number of hydrogen-bond acceptors (Lipinski definition) is 4. The van der Waals surface area contributed by atoms with E-state index >= 15 is 0 Å². The van der Waals surface area contributed by atoms with Crippen LogP contribution in [0.15, 0.2) is 0 Å². The number of esters is 1. The SMILES string of the molecule is CC(S)C(=O)OC(CC(=O)O)C[N+](C)(C)C.[Cl-]. The van der Waals surface area contributed by atoms with Gasteiger partial charge in [-0.2, -0.15) is 12.6 Å². The molecular weight excluding hydrogens is 266 g/mol. The molecule has 0 fully saturated rings. The second kappa shape index (κ2) is 7.79. The fourth-order valence-corrected chi connectivity index (χ4v) is 1.27. The highest BCUT2D eigenvalue weighted by molar-refractivity contribution is 7.81. The Morgan fingerprint density at radius 3 is 2.12 bits per heavy atom. The standard InChI is InChI=1S/C10H19NO4S.ClH/c1-7(16)10(14)15-8(5-9(12)13)6-11(2,3)4;/h7-8H,5-6H2,1-4H3,(H-,12,13,16);1H. The van der Waals surface area contributed by atoms with Gasteiger partial charge in [0.05, 0.1) is 32.8 Å². The first-order valence-electron chi connectivity index (χ1n) is 5.02. The van der Waals surface area contributed by atoms with Gasteiger partial charge < -0.3 is 26.7 Å². The van der Waals surface area contributed by atoms with Gasteiger partial charge in [-0.15, -0.1) is 0 Å². The molecule has 0 saturated heterocycles. The molecule has 2 atom stereocenters. The Balaban J connectivity index is 0. The number of ether oxygens (including phenoxy) is 1. The monoisotopic (exact) mass is 285 g/mol. The number of carboxylic acids is 1. The number of aliphatic carboxylic acids is 1. The first-order valence-corrected chi connectivity index (χ1v) is 5.54. The van der Waals surface area contributed by atoms with Crippen molar-refractivity contribution in [1.82, 2.24) is 0 Å². The highest BCUT2D eigenvalue weighted by Crippen LogP contribution is 2.08. The van der Waals surface area contributed by atoms with E-state index < -0.39 is 23.3 Å². The molecule has 0 bridgehead atoms. The Hall–Kier alpha value is -0.460. The highest BCUT2D eigenvalue weighted by Gasteiger charge is 2.25. The van der Waals surface area contributed by atoms with Crippen molar-refractivity contribution in [2.45, 2.75) is 24.7 Å². The lowest BCUT2D eigenvalue weighted by atomic mass is 10.2. The molecule has 0 aliphatic rings. The number of rotatable bonds is 6.